The van der Waals surface area contributed by atoms with Gasteiger partial charge >= 0.3 is 5.97 Å². The highest BCUT2D eigenvalue weighted by Gasteiger charge is 2.27. The maximum Gasteiger partial charge on any atom is 0.341 e. The van der Waals surface area contributed by atoms with Crippen LogP contribution in [-0.2, 0) is 23.0 Å². The largest absolute Gasteiger partial charge is 0.462 e. The highest BCUT2D eigenvalue weighted by Crippen LogP contribution is 2.34. The fraction of sp³-hybridized carbons (Fsp3) is 0.192. The Bertz CT molecular complexity index is 1520. The average molecular weight is 505 g/mol. The summed E-state index contributed by atoms with van der Waals surface area (Å²) in [5, 5.41) is 11.0. The van der Waals surface area contributed by atoms with Crippen LogP contribution in [0, 0.1) is 6.92 Å². The SMILES string of the molecule is CCOC(=O)c1c(NC(=O)Cc2nn(C)c(=O)c3ccccc23)sc(C(=O)Nc2ccccc2)c1C. The van der Waals surface area contributed by atoms with Gasteiger partial charge in [-0.25, -0.2) is 9.48 Å². The molecule has 2 amide bonds. The van der Waals surface area contributed by atoms with Crippen molar-refractivity contribution >= 4 is 50.6 Å². The summed E-state index contributed by atoms with van der Waals surface area (Å²) in [6.45, 7) is 3.46. The van der Waals surface area contributed by atoms with Crippen LogP contribution < -0.4 is 16.2 Å². The molecule has 0 atom stereocenters. The molecule has 0 spiro atoms. The number of fused-ring (bicyclic) bond motifs is 1. The number of carbonyl (C=O) groups is 3. The number of nitrogens with one attached hydrogen (secondary N) is 2. The molecule has 2 heterocycles. The average Bonchev–Trinajstić information content (AvgIpc) is 3.18. The Morgan fingerprint density at radius 1 is 1.00 bits per heavy atom. The Morgan fingerprint density at radius 3 is 2.36 bits per heavy atom. The molecule has 9 nitrogen and oxygen atoms in total. The Labute approximate surface area is 210 Å². The number of para-hydroxylation sites is 1. The summed E-state index contributed by atoms with van der Waals surface area (Å²) in [6.07, 6.45) is -0.139. The van der Waals surface area contributed by atoms with Gasteiger partial charge in [-0.15, -0.1) is 11.3 Å². The van der Waals surface area contributed by atoms with Crippen molar-refractivity contribution in [3.05, 3.63) is 86.6 Å². The number of hydrogen-bond acceptors (Lipinski definition) is 7. The van der Waals surface area contributed by atoms with Crippen LogP contribution in [0.3, 0.4) is 0 Å². The van der Waals surface area contributed by atoms with Gasteiger partial charge in [0.25, 0.3) is 11.5 Å². The van der Waals surface area contributed by atoms with Gasteiger partial charge in [0.05, 0.1) is 34.5 Å². The molecule has 0 aliphatic heterocycles. The third kappa shape index (κ3) is 5.03. The summed E-state index contributed by atoms with van der Waals surface area (Å²) in [7, 11) is 1.52. The minimum Gasteiger partial charge on any atom is -0.462 e. The van der Waals surface area contributed by atoms with Gasteiger partial charge in [-0.05, 0) is 37.6 Å². The fourth-order valence-electron chi connectivity index (χ4n) is 3.81. The lowest BCUT2D eigenvalue weighted by Crippen LogP contribution is -2.24. The fourth-order valence-corrected chi connectivity index (χ4v) is 4.91. The lowest BCUT2D eigenvalue weighted by Gasteiger charge is -2.09. The van der Waals surface area contributed by atoms with Crippen LogP contribution in [-0.4, -0.2) is 34.2 Å². The summed E-state index contributed by atoms with van der Waals surface area (Å²) in [6, 6.07) is 15.9. The van der Waals surface area contributed by atoms with E-state index < -0.39 is 17.8 Å². The number of thiophene rings is 1. The molecule has 0 aliphatic rings. The van der Waals surface area contributed by atoms with E-state index in [-0.39, 0.29) is 34.0 Å². The van der Waals surface area contributed by atoms with Crippen LogP contribution in [0.2, 0.25) is 0 Å². The van der Waals surface area contributed by atoms with Gasteiger partial charge in [0.1, 0.15) is 5.00 Å². The van der Waals surface area contributed by atoms with Crippen LogP contribution in [0.5, 0.6) is 0 Å². The number of carbonyl (C=O) groups excluding carboxylic acids is 3. The second-order valence-corrected chi connectivity index (χ2v) is 8.97. The van der Waals surface area contributed by atoms with Crippen molar-refractivity contribution in [2.45, 2.75) is 20.3 Å². The van der Waals surface area contributed by atoms with Gasteiger partial charge in [-0.1, -0.05) is 36.4 Å². The number of hydrogen-bond donors (Lipinski definition) is 2. The molecule has 0 saturated heterocycles. The molecule has 36 heavy (non-hydrogen) atoms. The van der Waals surface area contributed by atoms with Crippen molar-refractivity contribution in [3.63, 3.8) is 0 Å². The van der Waals surface area contributed by atoms with Crippen molar-refractivity contribution < 1.29 is 19.1 Å². The zero-order valence-corrected chi connectivity index (χ0v) is 20.8. The van der Waals surface area contributed by atoms with Crippen molar-refractivity contribution in [3.8, 4) is 0 Å². The lowest BCUT2D eigenvalue weighted by atomic mass is 10.1. The van der Waals surface area contributed by atoms with Crippen LogP contribution in [0.15, 0.2) is 59.4 Å². The van der Waals surface area contributed by atoms with Crippen LogP contribution in [0.25, 0.3) is 10.8 Å². The van der Waals surface area contributed by atoms with Gasteiger partial charge in [0.2, 0.25) is 5.91 Å². The summed E-state index contributed by atoms with van der Waals surface area (Å²) in [5.74, 6) is -1.49. The normalized spacial score (nSPS) is 10.8. The molecule has 2 aromatic heterocycles. The second-order valence-electron chi connectivity index (χ2n) is 7.95. The van der Waals surface area contributed by atoms with Crippen molar-refractivity contribution in [1.29, 1.82) is 0 Å². The number of nitrogens with zero attached hydrogens (tertiary/aromatic N) is 2. The summed E-state index contributed by atoms with van der Waals surface area (Å²) >= 11 is 0.995. The van der Waals surface area contributed by atoms with E-state index in [0.29, 0.717) is 27.7 Å². The molecule has 0 bridgehead atoms. The number of aromatic nitrogens is 2. The van der Waals surface area contributed by atoms with E-state index in [2.05, 4.69) is 15.7 Å². The molecule has 0 radical (unpaired) electrons. The maximum absolute atomic E-state index is 13.1. The molecular formula is C26H24N4O5S. The highest BCUT2D eigenvalue weighted by molar-refractivity contribution is 7.19. The molecule has 0 saturated carbocycles. The van der Waals surface area contributed by atoms with Gasteiger partial charge in [0, 0.05) is 18.1 Å². The number of benzene rings is 2. The second kappa shape index (κ2) is 10.5. The molecule has 10 heteroatoms. The maximum atomic E-state index is 13.1. The van der Waals surface area contributed by atoms with Crippen molar-refractivity contribution in [2.75, 3.05) is 17.2 Å². The molecule has 184 valence electrons. The minimum atomic E-state index is -0.633. The number of amides is 2. The Kier molecular flexibility index (Phi) is 7.25. The third-order valence-electron chi connectivity index (χ3n) is 5.48. The first kappa shape index (κ1) is 24.8. The Morgan fingerprint density at radius 2 is 1.67 bits per heavy atom. The van der Waals surface area contributed by atoms with E-state index in [0.717, 1.165) is 11.3 Å². The number of ether oxygens (including phenoxy) is 1. The molecular weight excluding hydrogens is 480 g/mol. The smallest absolute Gasteiger partial charge is 0.341 e. The van der Waals surface area contributed by atoms with Crippen molar-refractivity contribution in [2.24, 2.45) is 7.05 Å². The first-order valence-electron chi connectivity index (χ1n) is 11.2. The summed E-state index contributed by atoms with van der Waals surface area (Å²) < 4.78 is 6.37. The molecule has 4 aromatic rings. The first-order chi connectivity index (χ1) is 17.3. The molecule has 0 fully saturated rings. The highest BCUT2D eigenvalue weighted by atomic mass is 32.1. The standard InChI is InChI=1S/C26H24N4O5S/c1-4-35-26(34)21-15(2)22(23(32)27-16-10-6-5-7-11-16)36-24(21)28-20(31)14-19-17-12-8-9-13-18(17)25(33)30(3)29-19/h5-13H,4,14H2,1-3H3,(H,27,32)(H,28,31). The Balaban J connectivity index is 1.65. The number of rotatable bonds is 7. The van der Waals surface area contributed by atoms with E-state index in [1.54, 1.807) is 62.4 Å². The zero-order chi connectivity index (χ0) is 25.8. The summed E-state index contributed by atoms with van der Waals surface area (Å²) in [4.78, 5) is 51.4. The van der Waals surface area contributed by atoms with Crippen LogP contribution in [0.1, 0.15) is 38.2 Å². The van der Waals surface area contributed by atoms with Gasteiger partial charge in [-0.2, -0.15) is 5.10 Å². The van der Waals surface area contributed by atoms with Gasteiger partial charge in [-0.3, -0.25) is 14.4 Å². The predicted molar refractivity (Wildman–Crippen MR) is 139 cm³/mol. The number of aryl methyl sites for hydroxylation is 1. The van der Waals surface area contributed by atoms with Crippen LogP contribution >= 0.6 is 11.3 Å². The van der Waals surface area contributed by atoms with E-state index in [1.807, 2.05) is 6.07 Å². The quantitative estimate of drug-likeness (QED) is 0.368. The van der Waals surface area contributed by atoms with E-state index in [9.17, 15) is 19.2 Å². The number of esters is 1. The van der Waals surface area contributed by atoms with Gasteiger partial charge < -0.3 is 15.4 Å². The monoisotopic (exact) mass is 504 g/mol. The van der Waals surface area contributed by atoms with Gasteiger partial charge in [0.15, 0.2) is 0 Å². The molecule has 0 unspecified atom stereocenters. The van der Waals surface area contributed by atoms with E-state index >= 15 is 0 Å². The van der Waals surface area contributed by atoms with E-state index in [1.165, 1.54) is 11.7 Å². The topological polar surface area (TPSA) is 119 Å². The van der Waals surface area contributed by atoms with Crippen molar-refractivity contribution in [1.82, 2.24) is 9.78 Å². The molecule has 2 aromatic carbocycles. The first-order valence-corrected chi connectivity index (χ1v) is 12.0. The third-order valence-corrected chi connectivity index (χ3v) is 6.68. The predicted octanol–water partition coefficient (Wildman–Crippen LogP) is 3.91. The van der Waals surface area contributed by atoms with Crippen LogP contribution in [0.4, 0.5) is 10.7 Å². The Hall–Kier alpha value is -4.31. The molecule has 2 N–H and O–H groups in total. The minimum absolute atomic E-state index is 0.131. The molecule has 0 aliphatic carbocycles. The summed E-state index contributed by atoms with van der Waals surface area (Å²) in [5.41, 5.74) is 1.30. The number of anilines is 2. The zero-order valence-electron chi connectivity index (χ0n) is 20.0. The molecule has 4 rings (SSSR count). The lowest BCUT2D eigenvalue weighted by molar-refractivity contribution is -0.115. The van der Waals surface area contributed by atoms with E-state index in [4.69, 9.17) is 4.74 Å².